The van der Waals surface area contributed by atoms with Crippen LogP contribution < -0.4 is 0 Å². The second-order valence-corrected chi connectivity index (χ2v) is 9.63. The second kappa shape index (κ2) is 4.67. The van der Waals surface area contributed by atoms with Gasteiger partial charge in [-0.3, -0.25) is 4.79 Å². The van der Waals surface area contributed by atoms with Gasteiger partial charge >= 0.3 is 5.97 Å². The Morgan fingerprint density at radius 2 is 2.20 bits per heavy atom. The van der Waals surface area contributed by atoms with Gasteiger partial charge in [0, 0.05) is 12.5 Å². The Morgan fingerprint density at radius 3 is 2.73 bits per heavy atom. The summed E-state index contributed by atoms with van der Waals surface area (Å²) in [5.74, 6) is 2.99. The van der Waals surface area contributed by atoms with Crippen molar-refractivity contribution in [2.45, 2.75) is 45.5 Å². The van der Waals surface area contributed by atoms with Gasteiger partial charge < -0.3 is 4.74 Å². The molecule has 1 aliphatic carbocycles. The third-order valence-electron chi connectivity index (χ3n) is 2.00. The predicted molar refractivity (Wildman–Crippen MR) is 64.0 cm³/mol. The molecule has 0 saturated heterocycles. The van der Waals surface area contributed by atoms with Gasteiger partial charge in [-0.15, -0.1) is 5.54 Å². The molecule has 82 valence electrons. The maximum Gasteiger partial charge on any atom is 0.303 e. The van der Waals surface area contributed by atoms with Crippen LogP contribution in [0.25, 0.3) is 0 Å². The van der Waals surface area contributed by atoms with Crippen molar-refractivity contribution in [3.63, 3.8) is 0 Å². The highest BCUT2D eigenvalue weighted by atomic mass is 28.3. The molecule has 0 bridgehead atoms. The van der Waals surface area contributed by atoms with E-state index in [1.165, 1.54) is 6.92 Å². The van der Waals surface area contributed by atoms with Gasteiger partial charge in [-0.05, 0) is 18.9 Å². The minimum absolute atomic E-state index is 0.0477. The number of hydrogen-bond acceptors (Lipinski definition) is 2. The van der Waals surface area contributed by atoms with Crippen LogP contribution in [0.2, 0.25) is 19.6 Å². The quantitative estimate of drug-likeness (QED) is 0.387. The van der Waals surface area contributed by atoms with Crippen LogP contribution in [-0.4, -0.2) is 20.1 Å². The first-order valence-electron chi connectivity index (χ1n) is 5.28. The van der Waals surface area contributed by atoms with E-state index >= 15 is 0 Å². The first-order chi connectivity index (χ1) is 6.87. The number of allylic oxidation sites excluding steroid dienone is 1. The molecule has 0 spiro atoms. The number of hydrogen-bond donors (Lipinski definition) is 0. The molecule has 0 aliphatic heterocycles. The number of ether oxygens (including phenoxy) is 1. The summed E-state index contributed by atoms with van der Waals surface area (Å²) in [5.41, 5.74) is 4.45. The van der Waals surface area contributed by atoms with Crippen LogP contribution in [0.1, 0.15) is 19.8 Å². The third kappa shape index (κ3) is 4.85. The average molecular weight is 222 g/mol. The molecule has 15 heavy (non-hydrogen) atoms. The van der Waals surface area contributed by atoms with Crippen molar-refractivity contribution in [2.75, 3.05) is 0 Å². The fraction of sp³-hybridized carbons (Fsp3) is 0.583. The fourth-order valence-corrected chi connectivity index (χ4v) is 1.90. The van der Waals surface area contributed by atoms with E-state index in [2.05, 4.69) is 31.1 Å². The summed E-state index contributed by atoms with van der Waals surface area (Å²) in [7, 11) is -1.29. The van der Waals surface area contributed by atoms with Gasteiger partial charge in [0.2, 0.25) is 0 Å². The van der Waals surface area contributed by atoms with Crippen LogP contribution in [0.4, 0.5) is 0 Å². The van der Waals surface area contributed by atoms with Gasteiger partial charge in [-0.1, -0.05) is 25.6 Å². The molecule has 0 N–H and O–H groups in total. The van der Waals surface area contributed by atoms with Gasteiger partial charge in [0.15, 0.2) is 0 Å². The Bertz CT molecular complexity index is 339. The van der Waals surface area contributed by atoms with E-state index in [1.54, 1.807) is 0 Å². The average Bonchev–Trinajstić information content (AvgIpc) is 2.46. The summed E-state index contributed by atoms with van der Waals surface area (Å²) in [6.45, 7) is 8.11. The Morgan fingerprint density at radius 1 is 1.53 bits per heavy atom. The Labute approximate surface area is 92.7 Å². The molecule has 3 heteroatoms. The first-order valence-corrected chi connectivity index (χ1v) is 8.78. The fourth-order valence-electron chi connectivity index (χ4n) is 1.37. The lowest BCUT2D eigenvalue weighted by atomic mass is 10.2. The van der Waals surface area contributed by atoms with E-state index in [0.29, 0.717) is 0 Å². The molecule has 0 aromatic carbocycles. The molecule has 1 aliphatic rings. The van der Waals surface area contributed by atoms with Crippen LogP contribution in [0.3, 0.4) is 0 Å². The lowest BCUT2D eigenvalue weighted by Crippen LogP contribution is -2.16. The van der Waals surface area contributed by atoms with E-state index in [9.17, 15) is 4.79 Å². The summed E-state index contributed by atoms with van der Waals surface area (Å²) in [6, 6.07) is 0. The molecule has 0 saturated carbocycles. The summed E-state index contributed by atoms with van der Waals surface area (Å²) < 4.78 is 5.10. The molecule has 0 heterocycles. The number of carbonyl (C=O) groups is 1. The van der Waals surface area contributed by atoms with Gasteiger partial charge in [0.1, 0.15) is 14.2 Å². The lowest BCUT2D eigenvalue weighted by molar-refractivity contribution is -0.144. The zero-order valence-corrected chi connectivity index (χ0v) is 10.9. The monoisotopic (exact) mass is 222 g/mol. The van der Waals surface area contributed by atoms with Crippen molar-refractivity contribution in [2.24, 2.45) is 0 Å². The van der Waals surface area contributed by atoms with Crippen molar-refractivity contribution < 1.29 is 9.53 Å². The molecule has 1 rings (SSSR count). The summed E-state index contributed by atoms with van der Waals surface area (Å²) in [6.07, 6.45) is 3.76. The molecular weight excluding hydrogens is 204 g/mol. The van der Waals surface area contributed by atoms with E-state index in [4.69, 9.17) is 4.74 Å². The van der Waals surface area contributed by atoms with Crippen molar-refractivity contribution in [1.29, 1.82) is 0 Å². The van der Waals surface area contributed by atoms with E-state index < -0.39 is 8.07 Å². The minimum Gasteiger partial charge on any atom is -0.458 e. The molecule has 0 radical (unpaired) electrons. The molecule has 0 fully saturated rings. The molecular formula is C12H18O2Si. The molecule has 2 nitrogen and oxygen atoms in total. The molecule has 1 unspecified atom stereocenters. The standard InChI is InChI=1S/C12H18O2Si/c1-10(13)14-12-6-5-11(9-12)7-8-15(2,3)4/h9,12H,5-6H2,1-4H3. The van der Waals surface area contributed by atoms with Crippen LogP contribution in [0.5, 0.6) is 0 Å². The van der Waals surface area contributed by atoms with Crippen molar-refractivity contribution in [3.05, 3.63) is 11.6 Å². The van der Waals surface area contributed by atoms with Gasteiger partial charge in [0.05, 0.1) is 0 Å². The lowest BCUT2D eigenvalue weighted by Gasteiger charge is -2.05. The zero-order valence-electron chi connectivity index (χ0n) is 9.89. The molecule has 0 aromatic rings. The van der Waals surface area contributed by atoms with Crippen LogP contribution >= 0.6 is 0 Å². The highest BCUT2D eigenvalue weighted by Gasteiger charge is 2.17. The predicted octanol–water partition coefficient (Wildman–Crippen LogP) is 2.52. The SMILES string of the molecule is CC(=O)OC1C=C(C#C[Si](C)(C)C)CC1. The number of esters is 1. The van der Waals surface area contributed by atoms with Gasteiger partial charge in [-0.2, -0.15) is 0 Å². The van der Waals surface area contributed by atoms with Crippen molar-refractivity contribution in [3.8, 4) is 11.5 Å². The maximum absolute atomic E-state index is 10.7. The largest absolute Gasteiger partial charge is 0.458 e. The number of rotatable bonds is 1. The molecule has 0 amide bonds. The normalized spacial score (nSPS) is 20.3. The molecule has 1 atom stereocenters. The van der Waals surface area contributed by atoms with Crippen LogP contribution in [0.15, 0.2) is 11.6 Å². The Hall–Kier alpha value is -1.01. The van der Waals surface area contributed by atoms with E-state index in [1.807, 2.05) is 6.08 Å². The van der Waals surface area contributed by atoms with Gasteiger partial charge in [-0.25, -0.2) is 0 Å². The minimum atomic E-state index is -1.29. The summed E-state index contributed by atoms with van der Waals surface area (Å²) in [5, 5.41) is 0. The van der Waals surface area contributed by atoms with Crippen LogP contribution in [-0.2, 0) is 9.53 Å². The van der Waals surface area contributed by atoms with Crippen molar-refractivity contribution >= 4 is 14.0 Å². The first kappa shape index (κ1) is 12.1. The summed E-state index contributed by atoms with van der Waals surface area (Å²) >= 11 is 0. The Kier molecular flexibility index (Phi) is 3.76. The second-order valence-electron chi connectivity index (χ2n) is 4.88. The van der Waals surface area contributed by atoms with E-state index in [-0.39, 0.29) is 12.1 Å². The van der Waals surface area contributed by atoms with Gasteiger partial charge in [0.25, 0.3) is 0 Å². The number of carbonyl (C=O) groups excluding carboxylic acids is 1. The topological polar surface area (TPSA) is 26.3 Å². The van der Waals surface area contributed by atoms with Crippen LogP contribution in [0, 0.1) is 11.5 Å². The van der Waals surface area contributed by atoms with E-state index in [0.717, 1.165) is 18.4 Å². The Balaban J connectivity index is 2.58. The summed E-state index contributed by atoms with van der Waals surface area (Å²) in [4.78, 5) is 10.7. The third-order valence-corrected chi connectivity index (χ3v) is 2.88. The van der Waals surface area contributed by atoms with Crippen molar-refractivity contribution in [1.82, 2.24) is 0 Å². The molecule has 0 aromatic heterocycles. The highest BCUT2D eigenvalue weighted by molar-refractivity contribution is 6.83. The maximum atomic E-state index is 10.7. The smallest absolute Gasteiger partial charge is 0.303 e. The highest BCUT2D eigenvalue weighted by Crippen LogP contribution is 2.20. The zero-order chi connectivity index (χ0) is 11.5.